The van der Waals surface area contributed by atoms with Crippen LogP contribution in [0.4, 0.5) is 0 Å². The number of hydrogen-bond acceptors (Lipinski definition) is 5. The van der Waals surface area contributed by atoms with Crippen molar-refractivity contribution in [3.63, 3.8) is 0 Å². The van der Waals surface area contributed by atoms with Crippen molar-refractivity contribution >= 4 is 11.3 Å². The zero-order chi connectivity index (χ0) is 14.9. The van der Waals surface area contributed by atoms with Gasteiger partial charge in [0.2, 0.25) is 0 Å². The molecule has 0 spiro atoms. The molecule has 2 aromatic rings. The molecule has 1 unspecified atom stereocenters. The van der Waals surface area contributed by atoms with Gasteiger partial charge < -0.3 is 4.98 Å². The maximum atomic E-state index is 11.9. The standard InChI is InChI=1S/C16H20N4OS/c21-14-9-12(18-15(19-14)11-4-5-11)10-20-7-2-1-3-13(20)16-17-6-8-22-16/h6,8-9,11,13H,1-5,7,10H2,(H,18,19,21). The zero-order valence-electron chi connectivity index (χ0n) is 12.5. The number of aromatic nitrogens is 3. The van der Waals surface area contributed by atoms with E-state index >= 15 is 0 Å². The van der Waals surface area contributed by atoms with Crippen LogP contribution in [0, 0.1) is 0 Å². The van der Waals surface area contributed by atoms with Crippen LogP contribution in [0.15, 0.2) is 22.4 Å². The first-order valence-electron chi connectivity index (χ1n) is 8.03. The molecule has 0 amide bonds. The zero-order valence-corrected chi connectivity index (χ0v) is 13.3. The van der Waals surface area contributed by atoms with E-state index < -0.39 is 0 Å². The third-order valence-electron chi connectivity index (χ3n) is 4.49. The van der Waals surface area contributed by atoms with Gasteiger partial charge in [-0.2, -0.15) is 0 Å². The predicted molar refractivity (Wildman–Crippen MR) is 85.9 cm³/mol. The van der Waals surface area contributed by atoms with Gasteiger partial charge in [-0.25, -0.2) is 9.97 Å². The van der Waals surface area contributed by atoms with Crippen molar-refractivity contribution in [2.75, 3.05) is 6.54 Å². The van der Waals surface area contributed by atoms with Crippen LogP contribution in [0.25, 0.3) is 0 Å². The summed E-state index contributed by atoms with van der Waals surface area (Å²) in [5.74, 6) is 1.36. The minimum absolute atomic E-state index is 0.0188. The number of thiazole rings is 1. The molecule has 0 bridgehead atoms. The van der Waals surface area contributed by atoms with Crippen molar-refractivity contribution in [1.29, 1.82) is 0 Å². The lowest BCUT2D eigenvalue weighted by atomic mass is 10.0. The molecule has 5 nitrogen and oxygen atoms in total. The predicted octanol–water partition coefficient (Wildman–Crippen LogP) is 2.83. The maximum absolute atomic E-state index is 11.9. The highest BCUT2D eigenvalue weighted by molar-refractivity contribution is 7.09. The van der Waals surface area contributed by atoms with Crippen molar-refractivity contribution < 1.29 is 0 Å². The lowest BCUT2D eigenvalue weighted by Gasteiger charge is -2.34. The molecular weight excluding hydrogens is 296 g/mol. The van der Waals surface area contributed by atoms with E-state index in [1.54, 1.807) is 17.4 Å². The van der Waals surface area contributed by atoms with Gasteiger partial charge in [0.1, 0.15) is 10.8 Å². The van der Waals surface area contributed by atoms with E-state index in [0.29, 0.717) is 12.0 Å². The molecule has 1 N–H and O–H groups in total. The van der Waals surface area contributed by atoms with Crippen LogP contribution in [0.2, 0.25) is 0 Å². The molecule has 2 aliphatic rings. The van der Waals surface area contributed by atoms with Gasteiger partial charge in [0.05, 0.1) is 11.7 Å². The molecule has 0 radical (unpaired) electrons. The maximum Gasteiger partial charge on any atom is 0.251 e. The molecule has 4 rings (SSSR count). The fourth-order valence-electron chi connectivity index (χ4n) is 3.23. The van der Waals surface area contributed by atoms with Gasteiger partial charge in [-0.15, -0.1) is 11.3 Å². The molecule has 22 heavy (non-hydrogen) atoms. The number of hydrogen-bond donors (Lipinski definition) is 1. The van der Waals surface area contributed by atoms with Crippen LogP contribution < -0.4 is 5.56 Å². The van der Waals surface area contributed by atoms with Crippen LogP contribution >= 0.6 is 11.3 Å². The van der Waals surface area contributed by atoms with E-state index in [4.69, 9.17) is 4.98 Å². The SMILES string of the molecule is O=c1cc(CN2CCCCC2c2nccs2)nc(C2CC2)[nH]1. The van der Waals surface area contributed by atoms with E-state index in [1.807, 2.05) is 11.6 Å². The van der Waals surface area contributed by atoms with E-state index in [1.165, 1.54) is 17.8 Å². The summed E-state index contributed by atoms with van der Waals surface area (Å²) in [6.07, 6.45) is 7.78. The van der Waals surface area contributed by atoms with E-state index in [-0.39, 0.29) is 5.56 Å². The molecule has 116 valence electrons. The Hall–Kier alpha value is -1.53. The summed E-state index contributed by atoms with van der Waals surface area (Å²) in [7, 11) is 0. The minimum atomic E-state index is -0.0188. The number of aromatic amines is 1. The monoisotopic (exact) mass is 316 g/mol. The Balaban J connectivity index is 1.57. The number of rotatable bonds is 4. The number of piperidine rings is 1. The number of likely N-dealkylation sites (tertiary alicyclic amines) is 1. The summed E-state index contributed by atoms with van der Waals surface area (Å²) in [6, 6.07) is 2.03. The molecule has 1 saturated carbocycles. The molecular formula is C16H20N4OS. The number of nitrogens with one attached hydrogen (secondary N) is 1. The molecule has 1 aliphatic heterocycles. The lowest BCUT2D eigenvalue weighted by Crippen LogP contribution is -2.33. The van der Waals surface area contributed by atoms with Gasteiger partial charge in [0, 0.05) is 30.1 Å². The lowest BCUT2D eigenvalue weighted by molar-refractivity contribution is 0.138. The van der Waals surface area contributed by atoms with E-state index in [9.17, 15) is 4.79 Å². The largest absolute Gasteiger partial charge is 0.310 e. The summed E-state index contributed by atoms with van der Waals surface area (Å²) >= 11 is 1.72. The normalized spacial score (nSPS) is 22.8. The molecule has 6 heteroatoms. The molecule has 2 aromatic heterocycles. The van der Waals surface area contributed by atoms with Gasteiger partial charge in [-0.05, 0) is 32.2 Å². The van der Waals surface area contributed by atoms with Crippen LogP contribution in [0.5, 0.6) is 0 Å². The summed E-state index contributed by atoms with van der Waals surface area (Å²) in [5, 5.41) is 3.23. The Labute approximate surface area is 133 Å². The first-order valence-corrected chi connectivity index (χ1v) is 8.91. The average Bonchev–Trinajstić information content (AvgIpc) is 3.23. The molecule has 0 aromatic carbocycles. The Morgan fingerprint density at radius 3 is 3.00 bits per heavy atom. The fourth-order valence-corrected chi connectivity index (χ4v) is 4.03. The fraction of sp³-hybridized carbons (Fsp3) is 0.562. The van der Waals surface area contributed by atoms with Crippen molar-refractivity contribution in [1.82, 2.24) is 19.9 Å². The van der Waals surface area contributed by atoms with Gasteiger partial charge in [0.25, 0.3) is 5.56 Å². The second-order valence-corrected chi connectivity index (χ2v) is 7.17. The van der Waals surface area contributed by atoms with Gasteiger partial charge in [-0.3, -0.25) is 9.69 Å². The third kappa shape index (κ3) is 2.98. The quantitative estimate of drug-likeness (QED) is 0.942. The van der Waals surface area contributed by atoms with Gasteiger partial charge in [0.15, 0.2) is 0 Å². The Bertz CT molecular complexity index is 692. The van der Waals surface area contributed by atoms with Crippen molar-refractivity contribution in [2.45, 2.75) is 50.6 Å². The summed E-state index contributed by atoms with van der Waals surface area (Å²) in [6.45, 7) is 1.80. The van der Waals surface area contributed by atoms with Crippen LogP contribution in [-0.2, 0) is 6.54 Å². The van der Waals surface area contributed by atoms with Crippen LogP contribution in [-0.4, -0.2) is 26.4 Å². The smallest absolute Gasteiger partial charge is 0.251 e. The molecule has 3 heterocycles. The highest BCUT2D eigenvalue weighted by Crippen LogP contribution is 2.38. The molecule has 2 fully saturated rings. The first-order chi connectivity index (χ1) is 10.8. The topological polar surface area (TPSA) is 61.9 Å². The Morgan fingerprint density at radius 1 is 1.32 bits per heavy atom. The second kappa shape index (κ2) is 5.93. The summed E-state index contributed by atoms with van der Waals surface area (Å²) in [4.78, 5) is 26.4. The Kier molecular flexibility index (Phi) is 3.80. The van der Waals surface area contributed by atoms with Crippen LogP contribution in [0.3, 0.4) is 0 Å². The van der Waals surface area contributed by atoms with Crippen molar-refractivity contribution in [3.05, 3.63) is 44.5 Å². The number of H-pyrrole nitrogens is 1. The van der Waals surface area contributed by atoms with Crippen molar-refractivity contribution in [2.24, 2.45) is 0 Å². The summed E-state index contributed by atoms with van der Waals surface area (Å²) in [5.41, 5.74) is 0.879. The highest BCUT2D eigenvalue weighted by atomic mass is 32.1. The first kappa shape index (κ1) is 14.1. The van der Waals surface area contributed by atoms with Crippen LogP contribution in [0.1, 0.15) is 60.6 Å². The molecule has 1 atom stereocenters. The Morgan fingerprint density at radius 2 is 2.23 bits per heavy atom. The molecule has 1 aliphatic carbocycles. The summed E-state index contributed by atoms with van der Waals surface area (Å²) < 4.78 is 0. The van der Waals surface area contributed by atoms with E-state index in [0.717, 1.165) is 43.9 Å². The van der Waals surface area contributed by atoms with Gasteiger partial charge in [-0.1, -0.05) is 6.42 Å². The molecule has 1 saturated heterocycles. The number of nitrogens with zero attached hydrogens (tertiary/aromatic N) is 3. The average molecular weight is 316 g/mol. The van der Waals surface area contributed by atoms with Crippen molar-refractivity contribution in [3.8, 4) is 0 Å². The highest BCUT2D eigenvalue weighted by Gasteiger charge is 2.28. The van der Waals surface area contributed by atoms with E-state index in [2.05, 4.69) is 14.9 Å². The third-order valence-corrected chi connectivity index (χ3v) is 5.37. The second-order valence-electron chi connectivity index (χ2n) is 6.25. The van der Waals surface area contributed by atoms with Gasteiger partial charge >= 0.3 is 0 Å². The minimum Gasteiger partial charge on any atom is -0.310 e.